The minimum Gasteiger partial charge on any atom is -0.359 e. The Morgan fingerprint density at radius 3 is 2.56 bits per heavy atom. The maximum atomic E-state index is 12.1. The fourth-order valence-corrected chi connectivity index (χ4v) is 3.22. The number of aromatic amines is 1. The van der Waals surface area contributed by atoms with E-state index in [0.29, 0.717) is 11.4 Å². The number of H-pyrrole nitrogens is 1. The Morgan fingerprint density at radius 1 is 1.11 bits per heavy atom. The van der Waals surface area contributed by atoms with Crippen LogP contribution in [0, 0.1) is 12.3 Å². The van der Waals surface area contributed by atoms with Gasteiger partial charge in [0, 0.05) is 33.8 Å². The molecule has 7 heteroatoms. The Labute approximate surface area is 158 Å². The molecule has 4 aromatic rings. The van der Waals surface area contributed by atoms with Crippen molar-refractivity contribution in [2.75, 3.05) is 16.9 Å². The van der Waals surface area contributed by atoms with Crippen LogP contribution in [0.3, 0.4) is 0 Å². The summed E-state index contributed by atoms with van der Waals surface area (Å²) in [7, 11) is 0. The Balaban J connectivity index is 1.66. The molecular weight excluding hydrogens is 360 g/mol. The summed E-state index contributed by atoms with van der Waals surface area (Å²) in [6.45, 7) is 0. The van der Waals surface area contributed by atoms with Crippen molar-refractivity contribution in [3.8, 4) is 12.3 Å². The number of anilines is 4. The first-order chi connectivity index (χ1) is 13.1. The van der Waals surface area contributed by atoms with Crippen LogP contribution in [0.2, 0.25) is 0 Å². The fraction of sp³-hybridized carbons (Fsp3) is 0.0500. The molecule has 0 amide bonds. The van der Waals surface area contributed by atoms with Gasteiger partial charge in [0.2, 0.25) is 0 Å². The highest BCUT2D eigenvalue weighted by Crippen LogP contribution is 2.31. The molecule has 2 aromatic heterocycles. The van der Waals surface area contributed by atoms with E-state index in [1.54, 1.807) is 30.1 Å². The lowest BCUT2D eigenvalue weighted by molar-refractivity contribution is 1.27. The molecule has 0 aliphatic carbocycles. The van der Waals surface area contributed by atoms with Crippen molar-refractivity contribution in [3.63, 3.8) is 0 Å². The maximum absolute atomic E-state index is 12.1. The third-order valence-corrected chi connectivity index (χ3v) is 4.97. The molecule has 0 fully saturated rings. The molecule has 6 nitrogen and oxygen atoms in total. The van der Waals surface area contributed by atoms with Gasteiger partial charge >= 0.3 is 0 Å². The van der Waals surface area contributed by atoms with Gasteiger partial charge in [-0.25, -0.2) is 4.98 Å². The van der Waals surface area contributed by atoms with Crippen molar-refractivity contribution in [2.24, 2.45) is 0 Å². The number of rotatable bonds is 5. The van der Waals surface area contributed by atoms with Crippen molar-refractivity contribution in [2.45, 2.75) is 4.90 Å². The topological polar surface area (TPSA) is 86.9 Å². The summed E-state index contributed by atoms with van der Waals surface area (Å²) < 4.78 is 0. The number of aromatic nitrogens is 2. The molecular formula is C20H14N4O2S. The Hall–Kier alpha value is -3.50. The van der Waals surface area contributed by atoms with Crippen molar-refractivity contribution in [1.82, 2.24) is 9.97 Å². The maximum Gasteiger partial charge on any atom is 0.253 e. The lowest BCUT2D eigenvalue weighted by Crippen LogP contribution is -2.35. The summed E-state index contributed by atoms with van der Waals surface area (Å²) in [6, 6.07) is 9.38. The number of pyridine rings is 1. The van der Waals surface area contributed by atoms with E-state index in [2.05, 4.69) is 26.5 Å². The number of hydrogen-bond donors (Lipinski definition) is 3. The molecule has 132 valence electrons. The molecule has 0 radical (unpaired) electrons. The quantitative estimate of drug-likeness (QED) is 0.282. The highest BCUT2D eigenvalue weighted by Gasteiger charge is 2.22. The van der Waals surface area contributed by atoms with Gasteiger partial charge in [-0.05, 0) is 36.6 Å². The number of hydrogen-bond acceptors (Lipinski definition) is 6. The van der Waals surface area contributed by atoms with Gasteiger partial charge in [-0.2, -0.15) is 0 Å². The SMILES string of the molecule is C#Cc1ccc(Nc2c(Nc3c[nH]c4ccc(SC)cc34)c(=O)c2=O)nc1. The molecule has 0 spiro atoms. The van der Waals surface area contributed by atoms with E-state index in [-0.39, 0.29) is 11.4 Å². The van der Waals surface area contributed by atoms with Crippen molar-refractivity contribution < 1.29 is 0 Å². The lowest BCUT2D eigenvalue weighted by atomic mass is 10.1. The van der Waals surface area contributed by atoms with E-state index in [1.807, 2.05) is 24.5 Å². The standard InChI is InChI=1S/C20H14N4O2S/c1-3-11-4-7-16(22-9-11)24-18-17(19(25)20(18)26)23-15-10-21-14-6-5-12(27-2)8-13(14)15/h1,4-10,21,23H,2H3,(H,22,24). The lowest BCUT2D eigenvalue weighted by Gasteiger charge is -2.14. The van der Waals surface area contributed by atoms with Crippen LogP contribution in [0.1, 0.15) is 5.56 Å². The second-order valence-electron chi connectivity index (χ2n) is 5.85. The zero-order chi connectivity index (χ0) is 19.0. The molecule has 0 saturated carbocycles. The molecule has 0 aliphatic heterocycles. The Kier molecular flexibility index (Phi) is 4.18. The number of thioether (sulfide) groups is 1. The molecule has 2 heterocycles. The fourth-order valence-electron chi connectivity index (χ4n) is 2.78. The van der Waals surface area contributed by atoms with Gasteiger partial charge in [-0.1, -0.05) is 5.92 Å². The van der Waals surface area contributed by atoms with Gasteiger partial charge in [0.15, 0.2) is 0 Å². The van der Waals surface area contributed by atoms with Crippen LogP contribution in [0.5, 0.6) is 0 Å². The van der Waals surface area contributed by atoms with Crippen LogP contribution >= 0.6 is 11.8 Å². The van der Waals surface area contributed by atoms with Crippen molar-refractivity contribution >= 4 is 45.5 Å². The zero-order valence-electron chi connectivity index (χ0n) is 14.3. The smallest absolute Gasteiger partial charge is 0.253 e. The van der Waals surface area contributed by atoms with Crippen molar-refractivity contribution in [3.05, 3.63) is 68.7 Å². The Bertz CT molecular complexity index is 1260. The van der Waals surface area contributed by atoms with Crippen LogP contribution in [-0.4, -0.2) is 16.2 Å². The third-order valence-electron chi connectivity index (χ3n) is 4.24. The number of fused-ring (bicyclic) bond motifs is 1. The predicted octanol–water partition coefficient (Wildman–Crippen LogP) is 3.35. The van der Waals surface area contributed by atoms with Crippen LogP contribution in [0.25, 0.3) is 10.9 Å². The third kappa shape index (κ3) is 2.96. The van der Waals surface area contributed by atoms with Gasteiger partial charge in [0.05, 0.1) is 5.69 Å². The summed E-state index contributed by atoms with van der Waals surface area (Å²) in [6.07, 6.45) is 10.6. The van der Waals surface area contributed by atoms with Crippen LogP contribution in [-0.2, 0) is 0 Å². The average Bonchev–Trinajstić information content (AvgIpc) is 3.12. The average molecular weight is 374 g/mol. The molecule has 0 unspecified atom stereocenters. The molecule has 0 atom stereocenters. The van der Waals surface area contributed by atoms with E-state index in [4.69, 9.17) is 6.42 Å². The van der Waals surface area contributed by atoms with Crippen molar-refractivity contribution in [1.29, 1.82) is 0 Å². The summed E-state index contributed by atoms with van der Waals surface area (Å²) in [5.41, 5.74) is 1.57. The van der Waals surface area contributed by atoms with Crippen LogP contribution < -0.4 is 21.5 Å². The molecule has 2 aromatic carbocycles. The number of terminal acetylenes is 1. The van der Waals surface area contributed by atoms with E-state index in [1.165, 1.54) is 6.20 Å². The van der Waals surface area contributed by atoms with E-state index < -0.39 is 10.9 Å². The highest BCUT2D eigenvalue weighted by atomic mass is 32.2. The number of nitrogens with one attached hydrogen (secondary N) is 3. The van der Waals surface area contributed by atoms with Gasteiger partial charge in [-0.3, -0.25) is 9.59 Å². The van der Waals surface area contributed by atoms with E-state index >= 15 is 0 Å². The minimum atomic E-state index is -0.579. The second-order valence-corrected chi connectivity index (χ2v) is 6.73. The van der Waals surface area contributed by atoms with Gasteiger partial charge < -0.3 is 15.6 Å². The first-order valence-electron chi connectivity index (χ1n) is 8.06. The minimum absolute atomic E-state index is 0.191. The van der Waals surface area contributed by atoms with E-state index in [9.17, 15) is 9.59 Å². The van der Waals surface area contributed by atoms with Gasteiger partial charge in [0.25, 0.3) is 10.9 Å². The monoisotopic (exact) mass is 374 g/mol. The zero-order valence-corrected chi connectivity index (χ0v) is 15.1. The largest absolute Gasteiger partial charge is 0.359 e. The summed E-state index contributed by atoms with van der Waals surface area (Å²) in [5, 5.41) is 6.91. The molecule has 4 rings (SSSR count). The normalized spacial score (nSPS) is 10.8. The Morgan fingerprint density at radius 2 is 1.89 bits per heavy atom. The first kappa shape index (κ1) is 16.9. The van der Waals surface area contributed by atoms with Gasteiger partial charge in [0.1, 0.15) is 17.2 Å². The molecule has 27 heavy (non-hydrogen) atoms. The first-order valence-corrected chi connectivity index (χ1v) is 9.28. The van der Waals surface area contributed by atoms with E-state index in [0.717, 1.165) is 21.5 Å². The highest BCUT2D eigenvalue weighted by molar-refractivity contribution is 7.98. The summed E-state index contributed by atoms with van der Waals surface area (Å²) >= 11 is 1.63. The molecule has 0 saturated heterocycles. The number of benzene rings is 1. The summed E-state index contributed by atoms with van der Waals surface area (Å²) in [5.74, 6) is 2.91. The second kappa shape index (κ2) is 6.67. The van der Waals surface area contributed by atoms with Crippen LogP contribution in [0.15, 0.2) is 57.2 Å². The molecule has 3 N–H and O–H groups in total. The summed E-state index contributed by atoms with van der Waals surface area (Å²) in [4.78, 5) is 32.5. The molecule has 0 aliphatic rings. The van der Waals surface area contributed by atoms with Crippen LogP contribution in [0.4, 0.5) is 22.9 Å². The van der Waals surface area contributed by atoms with Gasteiger partial charge in [-0.15, -0.1) is 18.2 Å². The predicted molar refractivity (Wildman–Crippen MR) is 110 cm³/mol. The molecule has 0 bridgehead atoms. The number of nitrogens with zero attached hydrogens (tertiary/aromatic N) is 1.